The Morgan fingerprint density at radius 1 is 1.50 bits per heavy atom. The molecule has 0 bridgehead atoms. The molecule has 1 rings (SSSR count). The van der Waals surface area contributed by atoms with Gasteiger partial charge in [-0.1, -0.05) is 23.7 Å². The highest BCUT2D eigenvalue weighted by atomic mass is 35.5. The van der Waals surface area contributed by atoms with Crippen molar-refractivity contribution >= 4 is 27.3 Å². The van der Waals surface area contributed by atoms with Gasteiger partial charge in [-0.3, -0.25) is 4.72 Å². The van der Waals surface area contributed by atoms with Crippen molar-refractivity contribution in [2.75, 3.05) is 4.72 Å². The van der Waals surface area contributed by atoms with E-state index in [0.29, 0.717) is 16.3 Å². The van der Waals surface area contributed by atoms with E-state index in [1.54, 1.807) is 31.2 Å². The maximum atomic E-state index is 11.6. The molecule has 16 heavy (non-hydrogen) atoms. The average molecular weight is 259 g/mol. The van der Waals surface area contributed by atoms with E-state index >= 15 is 0 Å². The quantitative estimate of drug-likeness (QED) is 0.904. The Morgan fingerprint density at radius 2 is 2.12 bits per heavy atom. The van der Waals surface area contributed by atoms with Crippen molar-refractivity contribution in [3.63, 3.8) is 0 Å². The summed E-state index contributed by atoms with van der Waals surface area (Å²) in [4.78, 5) is 0. The summed E-state index contributed by atoms with van der Waals surface area (Å²) in [5, 5.41) is 7.78. The molecule has 0 heterocycles. The Hall–Kier alpha value is -1.25. The lowest BCUT2D eigenvalue weighted by Gasteiger charge is -2.12. The zero-order chi connectivity index (χ0) is 12.3. The highest BCUT2D eigenvalue weighted by molar-refractivity contribution is 7.93. The van der Waals surface area contributed by atoms with Crippen LogP contribution in [0.5, 0.6) is 0 Å². The van der Waals surface area contributed by atoms with Crippen LogP contribution in [0.1, 0.15) is 12.5 Å². The van der Waals surface area contributed by atoms with Crippen molar-refractivity contribution in [1.82, 2.24) is 0 Å². The molecule has 4 nitrogen and oxygen atoms in total. The second-order valence-electron chi connectivity index (χ2n) is 3.35. The zero-order valence-corrected chi connectivity index (χ0v) is 10.4. The zero-order valence-electron chi connectivity index (χ0n) is 8.86. The van der Waals surface area contributed by atoms with Crippen LogP contribution in [0.3, 0.4) is 0 Å². The second kappa shape index (κ2) is 4.73. The number of para-hydroxylation sites is 1. The molecular formula is C10H11ClN2O2S. The summed E-state index contributed by atoms with van der Waals surface area (Å²) in [5.74, 6) is 0. The lowest BCUT2D eigenvalue weighted by atomic mass is 10.2. The third kappa shape index (κ3) is 2.65. The molecule has 1 unspecified atom stereocenters. The molecule has 0 aromatic heterocycles. The molecule has 0 aliphatic carbocycles. The van der Waals surface area contributed by atoms with Gasteiger partial charge in [0.2, 0.25) is 10.0 Å². The first-order chi connectivity index (χ1) is 7.38. The molecule has 0 saturated carbocycles. The van der Waals surface area contributed by atoms with Gasteiger partial charge in [0, 0.05) is 0 Å². The number of halogens is 1. The molecule has 0 radical (unpaired) electrons. The maximum absolute atomic E-state index is 11.6. The van der Waals surface area contributed by atoms with Crippen LogP contribution in [-0.4, -0.2) is 13.7 Å². The summed E-state index contributed by atoms with van der Waals surface area (Å²) in [6.45, 7) is 3.05. The van der Waals surface area contributed by atoms with Crippen molar-refractivity contribution in [2.45, 2.75) is 19.1 Å². The first-order valence-corrected chi connectivity index (χ1v) is 6.47. The van der Waals surface area contributed by atoms with Crippen molar-refractivity contribution in [3.05, 3.63) is 28.8 Å². The fourth-order valence-electron chi connectivity index (χ4n) is 1.06. The molecule has 0 amide bonds. The van der Waals surface area contributed by atoms with Gasteiger partial charge in [0.1, 0.15) is 0 Å². The number of hydrogen-bond acceptors (Lipinski definition) is 3. The predicted molar refractivity (Wildman–Crippen MR) is 63.8 cm³/mol. The Morgan fingerprint density at radius 3 is 2.62 bits per heavy atom. The first-order valence-electron chi connectivity index (χ1n) is 4.55. The molecule has 6 heteroatoms. The van der Waals surface area contributed by atoms with E-state index in [4.69, 9.17) is 16.9 Å². The summed E-state index contributed by atoms with van der Waals surface area (Å²) in [5.41, 5.74) is 1.03. The van der Waals surface area contributed by atoms with Crippen LogP contribution in [-0.2, 0) is 10.0 Å². The SMILES string of the molecule is Cc1cccc(Cl)c1NS(=O)(=O)C(C)C#N. The van der Waals surface area contributed by atoms with E-state index in [1.807, 2.05) is 0 Å². The van der Waals surface area contributed by atoms with Gasteiger partial charge in [-0.25, -0.2) is 8.42 Å². The van der Waals surface area contributed by atoms with Crippen LogP contribution in [0.25, 0.3) is 0 Å². The minimum absolute atomic E-state index is 0.314. The molecule has 1 N–H and O–H groups in total. The Balaban J connectivity index is 3.12. The minimum Gasteiger partial charge on any atom is -0.281 e. The van der Waals surface area contributed by atoms with E-state index in [-0.39, 0.29) is 0 Å². The molecular weight excluding hydrogens is 248 g/mol. The monoisotopic (exact) mass is 258 g/mol. The van der Waals surface area contributed by atoms with Gasteiger partial charge in [-0.05, 0) is 25.5 Å². The van der Waals surface area contributed by atoms with Gasteiger partial charge in [-0.2, -0.15) is 5.26 Å². The van der Waals surface area contributed by atoms with E-state index in [1.165, 1.54) is 6.92 Å². The highest BCUT2D eigenvalue weighted by Crippen LogP contribution is 2.26. The topological polar surface area (TPSA) is 70.0 Å². The molecule has 1 aromatic carbocycles. The minimum atomic E-state index is -3.70. The number of nitrogens with one attached hydrogen (secondary N) is 1. The third-order valence-electron chi connectivity index (χ3n) is 2.11. The normalized spacial score (nSPS) is 12.9. The Kier molecular flexibility index (Phi) is 3.79. The van der Waals surface area contributed by atoms with Gasteiger partial charge in [0.05, 0.1) is 16.8 Å². The smallest absolute Gasteiger partial charge is 0.248 e. The van der Waals surface area contributed by atoms with Gasteiger partial charge >= 0.3 is 0 Å². The lowest BCUT2D eigenvalue weighted by molar-refractivity contribution is 0.597. The number of anilines is 1. The summed E-state index contributed by atoms with van der Waals surface area (Å²) in [6, 6.07) is 6.72. The van der Waals surface area contributed by atoms with E-state index in [9.17, 15) is 8.42 Å². The predicted octanol–water partition coefficient (Wildman–Crippen LogP) is 2.30. The fourth-order valence-corrected chi connectivity index (χ4v) is 2.26. The highest BCUT2D eigenvalue weighted by Gasteiger charge is 2.21. The summed E-state index contributed by atoms with van der Waals surface area (Å²) in [6.07, 6.45) is 0. The van der Waals surface area contributed by atoms with Gasteiger partial charge in [-0.15, -0.1) is 0 Å². The number of hydrogen-bond donors (Lipinski definition) is 1. The van der Waals surface area contributed by atoms with Crippen LogP contribution in [0.2, 0.25) is 5.02 Å². The van der Waals surface area contributed by atoms with Crippen LogP contribution >= 0.6 is 11.6 Å². The van der Waals surface area contributed by atoms with Crippen LogP contribution in [0, 0.1) is 18.3 Å². The van der Waals surface area contributed by atoms with Crippen molar-refractivity contribution in [2.24, 2.45) is 0 Å². The van der Waals surface area contributed by atoms with Crippen LogP contribution in [0.15, 0.2) is 18.2 Å². The Bertz CT molecular complexity index is 514. The summed E-state index contributed by atoms with van der Waals surface area (Å²) >= 11 is 5.87. The number of nitriles is 1. The van der Waals surface area contributed by atoms with Crippen molar-refractivity contribution in [3.8, 4) is 6.07 Å². The molecule has 1 atom stereocenters. The van der Waals surface area contributed by atoms with Crippen molar-refractivity contribution in [1.29, 1.82) is 5.26 Å². The number of rotatable bonds is 3. The number of sulfonamides is 1. The third-order valence-corrected chi connectivity index (χ3v) is 3.95. The number of aryl methyl sites for hydroxylation is 1. The molecule has 0 spiro atoms. The second-order valence-corrected chi connectivity index (χ2v) is 5.76. The summed E-state index contributed by atoms with van der Waals surface area (Å²) in [7, 11) is -3.70. The van der Waals surface area contributed by atoms with Gasteiger partial charge < -0.3 is 0 Å². The first kappa shape index (κ1) is 12.8. The van der Waals surface area contributed by atoms with Crippen LogP contribution in [0.4, 0.5) is 5.69 Å². The molecule has 86 valence electrons. The summed E-state index contributed by atoms with van der Waals surface area (Å²) < 4.78 is 25.6. The maximum Gasteiger partial charge on any atom is 0.248 e. The molecule has 1 aromatic rings. The molecule has 0 aliphatic heterocycles. The molecule has 0 saturated heterocycles. The molecule has 0 fully saturated rings. The average Bonchev–Trinajstić information content (AvgIpc) is 2.22. The van der Waals surface area contributed by atoms with E-state index < -0.39 is 15.3 Å². The largest absolute Gasteiger partial charge is 0.281 e. The Labute approximate surface area is 99.9 Å². The lowest BCUT2D eigenvalue weighted by Crippen LogP contribution is -2.24. The fraction of sp³-hybridized carbons (Fsp3) is 0.300. The van der Waals surface area contributed by atoms with E-state index in [2.05, 4.69) is 4.72 Å². The van der Waals surface area contributed by atoms with E-state index in [0.717, 1.165) is 0 Å². The number of benzene rings is 1. The number of nitrogens with zero attached hydrogens (tertiary/aromatic N) is 1. The van der Waals surface area contributed by atoms with Crippen LogP contribution < -0.4 is 4.72 Å². The van der Waals surface area contributed by atoms with Crippen molar-refractivity contribution < 1.29 is 8.42 Å². The standard InChI is InChI=1S/C10H11ClN2O2S/c1-7-4-3-5-9(11)10(7)13-16(14,15)8(2)6-12/h3-5,8,13H,1-2H3. The van der Waals surface area contributed by atoms with Gasteiger partial charge in [0.25, 0.3) is 0 Å². The van der Waals surface area contributed by atoms with Gasteiger partial charge in [0.15, 0.2) is 5.25 Å². The molecule has 0 aliphatic rings.